The first-order valence-corrected chi connectivity index (χ1v) is 10.7. The average Bonchev–Trinajstić information content (AvgIpc) is 2.64. The van der Waals surface area contributed by atoms with E-state index in [0.29, 0.717) is 17.2 Å². The number of carbonyl (C=O) groups excluding carboxylic acids is 1. The number of likely N-dealkylation sites (tertiary alicyclic amines) is 1. The maximum absolute atomic E-state index is 12.8. The van der Waals surface area contributed by atoms with E-state index in [2.05, 4.69) is 11.6 Å². The highest BCUT2D eigenvalue weighted by atomic mass is 32.2. The van der Waals surface area contributed by atoms with Crippen molar-refractivity contribution >= 4 is 21.6 Å². The topological polar surface area (TPSA) is 66.5 Å². The molecule has 27 heavy (non-hydrogen) atoms. The second-order valence-corrected chi connectivity index (χ2v) is 9.13. The molecule has 1 heterocycles. The molecule has 0 spiro atoms. The molecule has 6 heteroatoms. The van der Waals surface area contributed by atoms with Crippen LogP contribution in [0.4, 0.5) is 5.69 Å². The van der Waals surface area contributed by atoms with Crippen LogP contribution in [-0.4, -0.2) is 32.3 Å². The van der Waals surface area contributed by atoms with Gasteiger partial charge < -0.3 is 4.90 Å². The molecule has 144 valence electrons. The van der Waals surface area contributed by atoms with E-state index in [4.69, 9.17) is 0 Å². The summed E-state index contributed by atoms with van der Waals surface area (Å²) in [5, 5.41) is 0. The molecule has 3 rings (SSSR count). The first-order chi connectivity index (χ1) is 12.8. The third-order valence-corrected chi connectivity index (χ3v) is 6.34. The minimum atomic E-state index is -3.77. The van der Waals surface area contributed by atoms with E-state index in [1.807, 2.05) is 30.9 Å². The van der Waals surface area contributed by atoms with Gasteiger partial charge in [0, 0.05) is 18.7 Å². The Balaban J connectivity index is 1.85. The molecule has 5 nitrogen and oxygen atoms in total. The molecule has 0 saturated carbocycles. The predicted octanol–water partition coefficient (Wildman–Crippen LogP) is 3.98. The fraction of sp³-hybridized carbons (Fsp3) is 0.381. The molecule has 1 amide bonds. The van der Waals surface area contributed by atoms with Crippen LogP contribution in [0.3, 0.4) is 0 Å². The zero-order chi connectivity index (χ0) is 19.6. The largest absolute Gasteiger partial charge is 0.338 e. The van der Waals surface area contributed by atoms with Gasteiger partial charge in [-0.25, -0.2) is 8.42 Å². The molecule has 0 radical (unpaired) electrons. The van der Waals surface area contributed by atoms with Crippen molar-refractivity contribution in [1.29, 1.82) is 0 Å². The molecule has 2 aromatic rings. The predicted molar refractivity (Wildman–Crippen MR) is 107 cm³/mol. The number of aryl methyl sites for hydroxylation is 2. The fourth-order valence-electron chi connectivity index (χ4n) is 3.40. The summed E-state index contributed by atoms with van der Waals surface area (Å²) in [5.41, 5.74) is 2.78. The van der Waals surface area contributed by atoms with E-state index < -0.39 is 10.0 Å². The van der Waals surface area contributed by atoms with Crippen LogP contribution >= 0.6 is 0 Å². The SMILES string of the molecule is Cc1ccc(C)c(NS(=O)(=O)c2cccc(C(=O)N3CCCC(C)C3)c2)c1. The van der Waals surface area contributed by atoms with E-state index in [1.54, 1.807) is 18.2 Å². The van der Waals surface area contributed by atoms with Gasteiger partial charge in [-0.05, 0) is 68.0 Å². The van der Waals surface area contributed by atoms with Crippen LogP contribution in [0.15, 0.2) is 47.4 Å². The maximum atomic E-state index is 12.8. The molecular weight excluding hydrogens is 360 g/mol. The first kappa shape index (κ1) is 19.4. The van der Waals surface area contributed by atoms with Crippen molar-refractivity contribution in [2.75, 3.05) is 17.8 Å². The number of carbonyl (C=O) groups is 1. The summed E-state index contributed by atoms with van der Waals surface area (Å²) in [4.78, 5) is 14.7. The summed E-state index contributed by atoms with van der Waals surface area (Å²) in [7, 11) is -3.77. The molecule has 1 aliphatic rings. The van der Waals surface area contributed by atoms with Crippen molar-refractivity contribution in [3.63, 3.8) is 0 Å². The standard InChI is InChI=1S/C21H26N2O3S/c1-15-9-10-17(3)20(12-15)22-27(25,26)19-8-4-7-18(13-19)21(24)23-11-5-6-16(2)14-23/h4,7-10,12-13,16,22H,5-6,11,14H2,1-3H3. The molecule has 1 aliphatic heterocycles. The van der Waals surface area contributed by atoms with E-state index >= 15 is 0 Å². The van der Waals surface area contributed by atoms with Crippen LogP contribution in [0.1, 0.15) is 41.3 Å². The van der Waals surface area contributed by atoms with Crippen molar-refractivity contribution < 1.29 is 13.2 Å². The lowest BCUT2D eigenvalue weighted by molar-refractivity contribution is 0.0683. The van der Waals surface area contributed by atoms with Gasteiger partial charge in [0.05, 0.1) is 10.6 Å². The monoisotopic (exact) mass is 386 g/mol. The van der Waals surface area contributed by atoms with Crippen LogP contribution in [0.25, 0.3) is 0 Å². The molecule has 2 aromatic carbocycles. The third-order valence-electron chi connectivity index (χ3n) is 4.97. The number of nitrogens with zero attached hydrogens (tertiary/aromatic N) is 1. The van der Waals surface area contributed by atoms with Crippen molar-refractivity contribution in [3.8, 4) is 0 Å². The summed E-state index contributed by atoms with van der Waals surface area (Å²) < 4.78 is 28.3. The summed E-state index contributed by atoms with van der Waals surface area (Å²) in [5.74, 6) is 0.367. The van der Waals surface area contributed by atoms with E-state index in [-0.39, 0.29) is 10.8 Å². The highest BCUT2D eigenvalue weighted by Gasteiger charge is 2.23. The Bertz CT molecular complexity index is 954. The Morgan fingerprint density at radius 3 is 2.67 bits per heavy atom. The maximum Gasteiger partial charge on any atom is 0.261 e. The van der Waals surface area contributed by atoms with Crippen molar-refractivity contribution in [1.82, 2.24) is 4.90 Å². The molecular formula is C21H26N2O3S. The summed E-state index contributed by atoms with van der Waals surface area (Å²) in [6.07, 6.45) is 2.11. The molecule has 1 saturated heterocycles. The summed E-state index contributed by atoms with van der Waals surface area (Å²) in [6.45, 7) is 7.34. The zero-order valence-electron chi connectivity index (χ0n) is 16.0. The van der Waals surface area contributed by atoms with Gasteiger partial charge in [-0.1, -0.05) is 25.1 Å². The van der Waals surface area contributed by atoms with Gasteiger partial charge in [0.25, 0.3) is 15.9 Å². The molecule has 0 aliphatic carbocycles. The normalized spacial score (nSPS) is 17.6. The van der Waals surface area contributed by atoms with Gasteiger partial charge in [0.2, 0.25) is 0 Å². The number of hydrogen-bond acceptors (Lipinski definition) is 3. The van der Waals surface area contributed by atoms with Gasteiger partial charge in [-0.3, -0.25) is 9.52 Å². The number of anilines is 1. The number of benzene rings is 2. The van der Waals surface area contributed by atoms with Crippen molar-refractivity contribution in [2.24, 2.45) is 5.92 Å². The highest BCUT2D eigenvalue weighted by Crippen LogP contribution is 2.23. The molecule has 1 unspecified atom stereocenters. The fourth-order valence-corrected chi connectivity index (χ4v) is 4.57. The van der Waals surface area contributed by atoms with Gasteiger partial charge in [-0.2, -0.15) is 0 Å². The third kappa shape index (κ3) is 4.50. The lowest BCUT2D eigenvalue weighted by Crippen LogP contribution is -2.39. The second kappa shape index (κ2) is 7.72. The number of amides is 1. The van der Waals surface area contributed by atoms with Gasteiger partial charge in [-0.15, -0.1) is 0 Å². The molecule has 1 fully saturated rings. The van der Waals surface area contributed by atoms with Crippen LogP contribution in [0.2, 0.25) is 0 Å². The molecule has 1 N–H and O–H groups in total. The van der Waals surface area contributed by atoms with Crippen LogP contribution in [0.5, 0.6) is 0 Å². The average molecular weight is 387 g/mol. The van der Waals surface area contributed by atoms with Crippen LogP contribution in [-0.2, 0) is 10.0 Å². The number of hydrogen-bond donors (Lipinski definition) is 1. The van der Waals surface area contributed by atoms with Crippen molar-refractivity contribution in [3.05, 3.63) is 59.2 Å². The van der Waals surface area contributed by atoms with Crippen molar-refractivity contribution in [2.45, 2.75) is 38.5 Å². The first-order valence-electron chi connectivity index (χ1n) is 9.26. The number of piperidine rings is 1. The Kier molecular flexibility index (Phi) is 5.56. The quantitative estimate of drug-likeness (QED) is 0.864. The number of rotatable bonds is 4. The Labute approximate surface area is 161 Å². The smallest absolute Gasteiger partial charge is 0.261 e. The minimum Gasteiger partial charge on any atom is -0.338 e. The summed E-state index contributed by atoms with van der Waals surface area (Å²) >= 11 is 0. The zero-order valence-corrected chi connectivity index (χ0v) is 16.8. The number of sulfonamides is 1. The second-order valence-electron chi connectivity index (χ2n) is 7.45. The minimum absolute atomic E-state index is 0.0966. The molecule has 0 aromatic heterocycles. The number of nitrogens with one attached hydrogen (secondary N) is 1. The summed E-state index contributed by atoms with van der Waals surface area (Å²) in [6, 6.07) is 11.9. The Morgan fingerprint density at radius 2 is 1.93 bits per heavy atom. The van der Waals surface area contributed by atoms with Gasteiger partial charge in [0.1, 0.15) is 0 Å². The van der Waals surface area contributed by atoms with E-state index in [1.165, 1.54) is 12.1 Å². The van der Waals surface area contributed by atoms with E-state index in [0.717, 1.165) is 37.1 Å². The Morgan fingerprint density at radius 1 is 1.15 bits per heavy atom. The molecule has 0 bridgehead atoms. The van der Waals surface area contributed by atoms with Crippen LogP contribution in [0, 0.1) is 19.8 Å². The molecule has 1 atom stereocenters. The van der Waals surface area contributed by atoms with E-state index in [9.17, 15) is 13.2 Å². The Hall–Kier alpha value is -2.34. The van der Waals surface area contributed by atoms with Crippen LogP contribution < -0.4 is 4.72 Å². The highest BCUT2D eigenvalue weighted by molar-refractivity contribution is 7.92. The lowest BCUT2D eigenvalue weighted by atomic mass is 9.99. The van der Waals surface area contributed by atoms with Gasteiger partial charge in [0.15, 0.2) is 0 Å². The van der Waals surface area contributed by atoms with Gasteiger partial charge >= 0.3 is 0 Å². The lowest BCUT2D eigenvalue weighted by Gasteiger charge is -2.31.